The third-order valence-corrected chi connectivity index (χ3v) is 6.90. The number of rotatable bonds is 9. The lowest BCUT2D eigenvalue weighted by Crippen LogP contribution is -2.36. The molecule has 1 aliphatic carbocycles. The first-order valence-electron chi connectivity index (χ1n) is 11.5. The summed E-state index contributed by atoms with van der Waals surface area (Å²) in [7, 11) is 7.01. The zero-order chi connectivity index (χ0) is 23.5. The fourth-order valence-electron chi connectivity index (χ4n) is 5.01. The predicted octanol–water partition coefficient (Wildman–Crippen LogP) is 3.01. The maximum atomic E-state index is 12.8. The molecule has 0 fully saturated rings. The molecular weight excluding hydrogens is 420 g/mol. The average molecular weight is 455 g/mol. The SMILES string of the molecule is COc1cc2c(cc1O)CCN(CCCN(C)C[C@H]1Cc3cc(OC)c(OC)cc31)C(=O)C2. The summed E-state index contributed by atoms with van der Waals surface area (Å²) in [5, 5.41) is 10.1. The number of likely N-dealkylation sites (N-methyl/N-ethyl adjacent to an activating group) is 1. The van der Waals surface area contributed by atoms with E-state index in [-0.39, 0.29) is 11.7 Å². The molecule has 2 aromatic rings. The summed E-state index contributed by atoms with van der Waals surface area (Å²) in [5.74, 6) is 2.77. The Morgan fingerprint density at radius 1 is 1.00 bits per heavy atom. The van der Waals surface area contributed by atoms with E-state index in [9.17, 15) is 9.90 Å². The number of fused-ring (bicyclic) bond motifs is 2. The van der Waals surface area contributed by atoms with E-state index >= 15 is 0 Å². The Labute approximate surface area is 195 Å². The van der Waals surface area contributed by atoms with Crippen molar-refractivity contribution in [1.29, 1.82) is 0 Å². The molecule has 2 aliphatic rings. The molecule has 1 heterocycles. The third kappa shape index (κ3) is 4.88. The number of amides is 1. The normalized spacial score (nSPS) is 17.2. The van der Waals surface area contributed by atoms with Gasteiger partial charge in [0, 0.05) is 25.6 Å². The zero-order valence-electron chi connectivity index (χ0n) is 20.0. The van der Waals surface area contributed by atoms with Crippen molar-refractivity contribution in [2.75, 3.05) is 54.6 Å². The van der Waals surface area contributed by atoms with Crippen LogP contribution in [0, 0.1) is 0 Å². The maximum Gasteiger partial charge on any atom is 0.227 e. The van der Waals surface area contributed by atoms with Crippen LogP contribution in [0.3, 0.4) is 0 Å². The minimum atomic E-state index is 0.132. The highest BCUT2D eigenvalue weighted by atomic mass is 16.5. The van der Waals surface area contributed by atoms with Gasteiger partial charge in [-0.15, -0.1) is 0 Å². The summed E-state index contributed by atoms with van der Waals surface area (Å²) >= 11 is 0. The van der Waals surface area contributed by atoms with E-state index in [0.717, 1.165) is 61.5 Å². The quantitative estimate of drug-likeness (QED) is 0.628. The molecule has 0 radical (unpaired) electrons. The van der Waals surface area contributed by atoms with Crippen LogP contribution in [0.2, 0.25) is 0 Å². The van der Waals surface area contributed by atoms with Gasteiger partial charge in [0.2, 0.25) is 5.91 Å². The topological polar surface area (TPSA) is 71.5 Å². The predicted molar refractivity (Wildman–Crippen MR) is 127 cm³/mol. The highest BCUT2D eigenvalue weighted by Crippen LogP contribution is 2.42. The standard InChI is InChI=1S/C26H34N2O5/c1-27(16-20-10-19-13-24(32-3)25(33-4)15-21(19)20)7-5-8-28-9-6-17-11-22(29)23(31-2)12-18(17)14-26(28)30/h11-13,15,20,29H,5-10,14,16H2,1-4H3/t20-/m1/s1. The molecule has 0 unspecified atom stereocenters. The van der Waals surface area contributed by atoms with Gasteiger partial charge in [0.05, 0.1) is 27.8 Å². The average Bonchev–Trinajstić information content (AvgIpc) is 2.94. The van der Waals surface area contributed by atoms with Crippen molar-refractivity contribution in [1.82, 2.24) is 9.80 Å². The molecule has 2 aromatic carbocycles. The zero-order valence-corrected chi connectivity index (χ0v) is 20.0. The Hall–Kier alpha value is -2.93. The summed E-state index contributed by atoms with van der Waals surface area (Å²) in [4.78, 5) is 17.1. The second kappa shape index (κ2) is 9.91. The van der Waals surface area contributed by atoms with Crippen LogP contribution in [-0.2, 0) is 24.1 Å². The summed E-state index contributed by atoms with van der Waals surface area (Å²) in [6, 6.07) is 7.72. The molecule has 0 saturated carbocycles. The molecule has 0 saturated heterocycles. The molecule has 4 rings (SSSR count). The van der Waals surface area contributed by atoms with Crippen LogP contribution < -0.4 is 14.2 Å². The van der Waals surface area contributed by atoms with E-state index in [4.69, 9.17) is 14.2 Å². The number of carbonyl (C=O) groups excluding carboxylic acids is 1. The summed E-state index contributed by atoms with van der Waals surface area (Å²) in [6.45, 7) is 3.34. The number of benzene rings is 2. The van der Waals surface area contributed by atoms with Gasteiger partial charge in [-0.3, -0.25) is 4.79 Å². The first kappa shape index (κ1) is 23.2. The number of carbonyl (C=O) groups is 1. The highest BCUT2D eigenvalue weighted by Gasteiger charge is 2.29. The lowest BCUT2D eigenvalue weighted by Gasteiger charge is -2.34. The molecule has 0 aromatic heterocycles. The van der Waals surface area contributed by atoms with Gasteiger partial charge in [-0.05, 0) is 79.4 Å². The molecule has 1 atom stereocenters. The Kier molecular flexibility index (Phi) is 6.98. The van der Waals surface area contributed by atoms with Gasteiger partial charge in [0.1, 0.15) is 0 Å². The molecule has 7 nitrogen and oxygen atoms in total. The summed E-state index contributed by atoms with van der Waals surface area (Å²) in [5.41, 5.74) is 4.66. The van der Waals surface area contributed by atoms with Crippen LogP contribution in [0.4, 0.5) is 0 Å². The van der Waals surface area contributed by atoms with Crippen LogP contribution >= 0.6 is 0 Å². The molecule has 1 aliphatic heterocycles. The lowest BCUT2D eigenvalue weighted by molar-refractivity contribution is -0.130. The molecule has 7 heteroatoms. The van der Waals surface area contributed by atoms with Crippen molar-refractivity contribution in [3.8, 4) is 23.0 Å². The fourth-order valence-corrected chi connectivity index (χ4v) is 5.01. The van der Waals surface area contributed by atoms with Crippen molar-refractivity contribution in [2.45, 2.75) is 31.6 Å². The van der Waals surface area contributed by atoms with Gasteiger partial charge in [-0.1, -0.05) is 0 Å². The minimum absolute atomic E-state index is 0.132. The van der Waals surface area contributed by atoms with E-state index in [1.165, 1.54) is 18.2 Å². The first-order chi connectivity index (χ1) is 15.9. The van der Waals surface area contributed by atoms with Gasteiger partial charge in [0.15, 0.2) is 23.0 Å². The number of hydrogen-bond acceptors (Lipinski definition) is 6. The number of hydrogen-bond donors (Lipinski definition) is 1. The minimum Gasteiger partial charge on any atom is -0.504 e. The van der Waals surface area contributed by atoms with Gasteiger partial charge in [-0.2, -0.15) is 0 Å². The van der Waals surface area contributed by atoms with Crippen LogP contribution in [-0.4, -0.2) is 75.4 Å². The van der Waals surface area contributed by atoms with Gasteiger partial charge >= 0.3 is 0 Å². The van der Waals surface area contributed by atoms with Crippen molar-refractivity contribution >= 4 is 5.91 Å². The molecule has 0 bridgehead atoms. The smallest absolute Gasteiger partial charge is 0.227 e. The van der Waals surface area contributed by atoms with Crippen LogP contribution in [0.1, 0.15) is 34.6 Å². The Morgan fingerprint density at radius 3 is 2.42 bits per heavy atom. The molecule has 0 spiro atoms. The maximum absolute atomic E-state index is 12.8. The lowest BCUT2D eigenvalue weighted by atomic mass is 9.77. The van der Waals surface area contributed by atoms with Gasteiger partial charge in [0.25, 0.3) is 0 Å². The summed E-state index contributed by atoms with van der Waals surface area (Å²) in [6.07, 6.45) is 3.09. The van der Waals surface area contributed by atoms with E-state index in [1.807, 2.05) is 4.90 Å². The number of phenols is 1. The largest absolute Gasteiger partial charge is 0.504 e. The van der Waals surface area contributed by atoms with Crippen molar-refractivity contribution in [2.24, 2.45) is 0 Å². The summed E-state index contributed by atoms with van der Waals surface area (Å²) < 4.78 is 16.1. The first-order valence-corrected chi connectivity index (χ1v) is 11.5. The van der Waals surface area contributed by atoms with Crippen molar-refractivity contribution in [3.05, 3.63) is 46.5 Å². The number of aromatic hydroxyl groups is 1. The van der Waals surface area contributed by atoms with Crippen LogP contribution in [0.5, 0.6) is 23.0 Å². The Bertz CT molecular complexity index is 1020. The fraction of sp³-hybridized carbons (Fsp3) is 0.500. The third-order valence-electron chi connectivity index (χ3n) is 6.90. The number of phenolic OH excluding ortho intramolecular Hbond substituents is 1. The molecule has 1 amide bonds. The van der Waals surface area contributed by atoms with Crippen molar-refractivity contribution in [3.63, 3.8) is 0 Å². The molecule has 33 heavy (non-hydrogen) atoms. The number of ether oxygens (including phenoxy) is 3. The van der Waals surface area contributed by atoms with E-state index in [0.29, 0.717) is 24.6 Å². The molecule has 1 N–H and O–H groups in total. The van der Waals surface area contributed by atoms with E-state index in [2.05, 4.69) is 24.1 Å². The van der Waals surface area contributed by atoms with Gasteiger partial charge < -0.3 is 29.1 Å². The molecular formula is C26H34N2O5. The molecule has 178 valence electrons. The number of nitrogens with zero attached hydrogens (tertiary/aromatic N) is 2. The second-order valence-electron chi connectivity index (χ2n) is 9.02. The highest BCUT2D eigenvalue weighted by molar-refractivity contribution is 5.80. The second-order valence-corrected chi connectivity index (χ2v) is 9.02. The number of methoxy groups -OCH3 is 3. The van der Waals surface area contributed by atoms with E-state index < -0.39 is 0 Å². The Balaban J connectivity index is 1.27. The van der Waals surface area contributed by atoms with E-state index in [1.54, 1.807) is 26.4 Å². The van der Waals surface area contributed by atoms with Crippen LogP contribution in [0.25, 0.3) is 0 Å². The monoisotopic (exact) mass is 454 g/mol. The van der Waals surface area contributed by atoms with Gasteiger partial charge in [-0.25, -0.2) is 0 Å². The Morgan fingerprint density at radius 2 is 1.70 bits per heavy atom. The van der Waals surface area contributed by atoms with Crippen LogP contribution in [0.15, 0.2) is 24.3 Å². The van der Waals surface area contributed by atoms with Crippen molar-refractivity contribution < 1.29 is 24.1 Å².